The Hall–Kier alpha value is -2.94. The van der Waals surface area contributed by atoms with Crippen LogP contribution in [0.1, 0.15) is 10.5 Å². The van der Waals surface area contributed by atoms with Crippen molar-refractivity contribution in [2.75, 3.05) is 31.4 Å². The first-order valence-corrected chi connectivity index (χ1v) is 6.91. The smallest absolute Gasteiger partial charge is 0.324 e. The zero-order valence-corrected chi connectivity index (χ0v) is 12.9. The third kappa shape index (κ3) is 4.78. The van der Waals surface area contributed by atoms with Gasteiger partial charge in [-0.05, 0) is 12.1 Å². The third-order valence-electron chi connectivity index (χ3n) is 2.87. The van der Waals surface area contributed by atoms with Crippen molar-refractivity contribution in [3.8, 4) is 0 Å². The van der Waals surface area contributed by atoms with Gasteiger partial charge >= 0.3 is 6.03 Å². The molecule has 2 heterocycles. The molecule has 122 valence electrons. The van der Waals surface area contributed by atoms with Gasteiger partial charge in [0.25, 0.3) is 5.91 Å². The van der Waals surface area contributed by atoms with E-state index in [0.29, 0.717) is 18.8 Å². The number of aromatic nitrogens is 3. The van der Waals surface area contributed by atoms with Gasteiger partial charge < -0.3 is 15.4 Å². The van der Waals surface area contributed by atoms with E-state index in [1.807, 2.05) is 0 Å². The predicted molar refractivity (Wildman–Crippen MR) is 84.4 cm³/mol. The number of rotatable bonds is 6. The molecular formula is C14H18N6O3. The van der Waals surface area contributed by atoms with E-state index in [0.717, 1.165) is 0 Å². The highest BCUT2D eigenvalue weighted by Crippen LogP contribution is 2.08. The van der Waals surface area contributed by atoms with Gasteiger partial charge in [-0.15, -0.1) is 0 Å². The lowest BCUT2D eigenvalue weighted by atomic mass is 10.3. The molecule has 0 aliphatic rings. The number of anilines is 2. The van der Waals surface area contributed by atoms with Crippen LogP contribution in [0.25, 0.3) is 0 Å². The highest BCUT2D eigenvalue weighted by Gasteiger charge is 2.09. The minimum atomic E-state index is -0.474. The maximum atomic E-state index is 11.9. The standard InChI is InChI=1S/C14H18N6O3/c1-15-13(21)11-4-3-5-12(18-11)19-14(22)17-10-8-16-20(9-10)6-7-23-2/h3-5,8-9H,6-7H2,1-2H3,(H,15,21)(H2,17,18,19,22). The number of pyridine rings is 1. The fraction of sp³-hybridized carbons (Fsp3) is 0.286. The Bertz CT molecular complexity index is 685. The SMILES string of the molecule is CNC(=O)c1cccc(NC(=O)Nc2cnn(CCOC)c2)n1. The van der Waals surface area contributed by atoms with Crippen LogP contribution in [0.2, 0.25) is 0 Å². The number of hydrogen-bond donors (Lipinski definition) is 3. The van der Waals surface area contributed by atoms with Crippen LogP contribution < -0.4 is 16.0 Å². The first kappa shape index (κ1) is 16.4. The number of nitrogens with one attached hydrogen (secondary N) is 3. The number of nitrogens with zero attached hydrogens (tertiary/aromatic N) is 3. The number of carbonyl (C=O) groups is 2. The number of amides is 3. The first-order valence-electron chi connectivity index (χ1n) is 6.91. The Morgan fingerprint density at radius 3 is 2.87 bits per heavy atom. The molecule has 23 heavy (non-hydrogen) atoms. The lowest BCUT2D eigenvalue weighted by molar-refractivity contribution is 0.0958. The Morgan fingerprint density at radius 2 is 2.13 bits per heavy atom. The summed E-state index contributed by atoms with van der Waals surface area (Å²) in [5, 5.41) is 11.8. The normalized spacial score (nSPS) is 10.2. The Labute approximate surface area is 133 Å². The molecule has 0 spiro atoms. The molecule has 2 aromatic rings. The lowest BCUT2D eigenvalue weighted by Gasteiger charge is -2.06. The van der Waals surface area contributed by atoms with Crippen LogP contribution in [0.5, 0.6) is 0 Å². The van der Waals surface area contributed by atoms with Gasteiger partial charge in [0, 0.05) is 20.4 Å². The van der Waals surface area contributed by atoms with Crippen LogP contribution in [0.4, 0.5) is 16.3 Å². The van der Waals surface area contributed by atoms with Crippen molar-refractivity contribution in [1.82, 2.24) is 20.1 Å². The second-order valence-electron chi connectivity index (χ2n) is 4.55. The zero-order valence-electron chi connectivity index (χ0n) is 12.9. The summed E-state index contributed by atoms with van der Waals surface area (Å²) in [6.45, 7) is 1.12. The molecule has 2 rings (SSSR count). The zero-order chi connectivity index (χ0) is 16.7. The van der Waals surface area contributed by atoms with Crippen molar-refractivity contribution >= 4 is 23.4 Å². The van der Waals surface area contributed by atoms with Gasteiger partial charge in [0.1, 0.15) is 11.5 Å². The van der Waals surface area contributed by atoms with Crippen molar-refractivity contribution in [3.63, 3.8) is 0 Å². The van der Waals surface area contributed by atoms with Gasteiger partial charge in [0.2, 0.25) is 0 Å². The maximum Gasteiger partial charge on any atom is 0.324 e. The highest BCUT2D eigenvalue weighted by molar-refractivity contribution is 5.99. The van der Waals surface area contributed by atoms with Gasteiger partial charge in [0.15, 0.2) is 0 Å². The summed E-state index contributed by atoms with van der Waals surface area (Å²) >= 11 is 0. The molecule has 0 radical (unpaired) electrons. The minimum absolute atomic E-state index is 0.220. The number of ether oxygens (including phenoxy) is 1. The quantitative estimate of drug-likeness (QED) is 0.734. The van der Waals surface area contributed by atoms with E-state index in [2.05, 4.69) is 26.0 Å². The molecule has 0 aliphatic carbocycles. The number of urea groups is 1. The first-order chi connectivity index (χ1) is 11.1. The van der Waals surface area contributed by atoms with Crippen LogP contribution in [0.3, 0.4) is 0 Å². The Balaban J connectivity index is 1.94. The van der Waals surface area contributed by atoms with E-state index in [9.17, 15) is 9.59 Å². The topological polar surface area (TPSA) is 110 Å². The molecule has 0 saturated carbocycles. The second kappa shape index (κ2) is 7.90. The molecule has 0 atom stereocenters. The molecule has 0 saturated heterocycles. The summed E-state index contributed by atoms with van der Waals surface area (Å²) in [6, 6.07) is 4.31. The molecule has 2 aromatic heterocycles. The summed E-state index contributed by atoms with van der Waals surface area (Å²) in [7, 11) is 3.12. The fourth-order valence-corrected chi connectivity index (χ4v) is 1.77. The van der Waals surface area contributed by atoms with Crippen LogP contribution in [-0.4, -0.2) is 47.5 Å². The van der Waals surface area contributed by atoms with Crippen molar-refractivity contribution in [1.29, 1.82) is 0 Å². The number of methoxy groups -OCH3 is 1. The summed E-state index contributed by atoms with van der Waals surface area (Å²) in [5.74, 6) is -0.0520. The average Bonchev–Trinajstić information content (AvgIpc) is 2.99. The van der Waals surface area contributed by atoms with Crippen molar-refractivity contribution in [2.24, 2.45) is 0 Å². The van der Waals surface area contributed by atoms with Crippen molar-refractivity contribution in [2.45, 2.75) is 6.54 Å². The van der Waals surface area contributed by atoms with E-state index >= 15 is 0 Å². The van der Waals surface area contributed by atoms with E-state index in [1.54, 1.807) is 36.2 Å². The highest BCUT2D eigenvalue weighted by atomic mass is 16.5. The molecular weight excluding hydrogens is 300 g/mol. The average molecular weight is 318 g/mol. The second-order valence-corrected chi connectivity index (χ2v) is 4.55. The van der Waals surface area contributed by atoms with Crippen LogP contribution >= 0.6 is 0 Å². The van der Waals surface area contributed by atoms with Crippen LogP contribution in [-0.2, 0) is 11.3 Å². The van der Waals surface area contributed by atoms with Gasteiger partial charge in [0.05, 0.1) is 25.0 Å². The van der Waals surface area contributed by atoms with E-state index in [4.69, 9.17) is 4.74 Å². The van der Waals surface area contributed by atoms with E-state index < -0.39 is 6.03 Å². The van der Waals surface area contributed by atoms with E-state index in [-0.39, 0.29) is 17.4 Å². The third-order valence-corrected chi connectivity index (χ3v) is 2.87. The van der Waals surface area contributed by atoms with Gasteiger partial charge in [-0.3, -0.25) is 14.8 Å². The summed E-state index contributed by atoms with van der Waals surface area (Å²) < 4.78 is 6.61. The summed E-state index contributed by atoms with van der Waals surface area (Å²) in [4.78, 5) is 27.5. The van der Waals surface area contributed by atoms with Crippen molar-refractivity contribution < 1.29 is 14.3 Å². The van der Waals surface area contributed by atoms with Gasteiger partial charge in [-0.25, -0.2) is 9.78 Å². The fourth-order valence-electron chi connectivity index (χ4n) is 1.77. The van der Waals surface area contributed by atoms with Crippen LogP contribution in [0, 0.1) is 0 Å². The summed E-state index contributed by atoms with van der Waals surface area (Å²) in [6.07, 6.45) is 3.22. The maximum absolute atomic E-state index is 11.9. The largest absolute Gasteiger partial charge is 0.383 e. The van der Waals surface area contributed by atoms with E-state index in [1.165, 1.54) is 13.2 Å². The molecule has 0 aromatic carbocycles. The van der Waals surface area contributed by atoms with Gasteiger partial charge in [-0.2, -0.15) is 5.10 Å². The Kier molecular flexibility index (Phi) is 5.64. The Morgan fingerprint density at radius 1 is 1.30 bits per heavy atom. The summed E-state index contributed by atoms with van der Waals surface area (Å²) in [5.41, 5.74) is 0.763. The molecule has 3 N–H and O–H groups in total. The molecule has 3 amide bonds. The number of carbonyl (C=O) groups excluding carboxylic acids is 2. The number of hydrogen-bond acceptors (Lipinski definition) is 5. The molecule has 0 fully saturated rings. The minimum Gasteiger partial charge on any atom is -0.383 e. The lowest BCUT2D eigenvalue weighted by Crippen LogP contribution is -2.22. The molecule has 0 aliphatic heterocycles. The van der Waals surface area contributed by atoms with Gasteiger partial charge in [-0.1, -0.05) is 6.07 Å². The molecule has 0 unspecified atom stereocenters. The van der Waals surface area contributed by atoms with Crippen molar-refractivity contribution in [3.05, 3.63) is 36.3 Å². The predicted octanol–water partition coefficient (Wildman–Crippen LogP) is 0.928. The monoisotopic (exact) mass is 318 g/mol. The molecule has 9 nitrogen and oxygen atoms in total. The molecule has 9 heteroatoms. The van der Waals surface area contributed by atoms with Crippen LogP contribution in [0.15, 0.2) is 30.6 Å². The molecule has 0 bridgehead atoms.